The zero-order valence-electron chi connectivity index (χ0n) is 17.1. The van der Waals surface area contributed by atoms with Crippen molar-refractivity contribution >= 4 is 17.4 Å². The smallest absolute Gasteiger partial charge is 0.348 e. The summed E-state index contributed by atoms with van der Waals surface area (Å²) in [4.78, 5) is 28.9. The number of primary amides is 1. The van der Waals surface area contributed by atoms with Gasteiger partial charge in [0.25, 0.3) is 5.91 Å². The molecule has 0 spiro atoms. The van der Waals surface area contributed by atoms with Gasteiger partial charge in [-0.3, -0.25) is 4.79 Å². The van der Waals surface area contributed by atoms with Crippen molar-refractivity contribution < 1.29 is 23.8 Å². The summed E-state index contributed by atoms with van der Waals surface area (Å²) >= 11 is 0. The van der Waals surface area contributed by atoms with E-state index in [4.69, 9.17) is 19.6 Å². The van der Waals surface area contributed by atoms with Gasteiger partial charge in [-0.05, 0) is 25.1 Å². The highest BCUT2D eigenvalue weighted by molar-refractivity contribution is 6.06. The summed E-state index contributed by atoms with van der Waals surface area (Å²) in [5.41, 5.74) is 5.68. The van der Waals surface area contributed by atoms with E-state index in [9.17, 15) is 14.7 Å². The molecule has 1 aliphatic rings. The lowest BCUT2D eigenvalue weighted by Crippen LogP contribution is -2.26. The van der Waals surface area contributed by atoms with Gasteiger partial charge in [0.15, 0.2) is 5.82 Å². The van der Waals surface area contributed by atoms with Gasteiger partial charge in [0.05, 0.1) is 32.2 Å². The number of carbonyl (C=O) groups excluding carboxylic acids is 1. The highest BCUT2D eigenvalue weighted by Gasteiger charge is 2.33. The molecule has 3 heterocycles. The molecule has 1 amide bonds. The molecule has 0 radical (unpaired) electrons. The number of nitrogens with two attached hydrogens (primary N) is 1. The van der Waals surface area contributed by atoms with Crippen molar-refractivity contribution in [1.82, 2.24) is 9.78 Å². The summed E-state index contributed by atoms with van der Waals surface area (Å²) in [6, 6.07) is 6.08. The third kappa shape index (κ3) is 3.41. The third-order valence-corrected chi connectivity index (χ3v) is 5.10. The van der Waals surface area contributed by atoms with Crippen LogP contribution in [0.4, 0.5) is 5.82 Å². The van der Waals surface area contributed by atoms with Gasteiger partial charge in [-0.1, -0.05) is 0 Å². The first kappa shape index (κ1) is 20.2. The highest BCUT2D eigenvalue weighted by atomic mass is 16.5. The van der Waals surface area contributed by atoms with E-state index in [0.717, 1.165) is 0 Å². The number of carbonyl (C=O) groups is 1. The maximum Gasteiger partial charge on any atom is 0.348 e. The molecular formula is C21H20N4O6. The topological polar surface area (TPSA) is 142 Å². The Morgan fingerprint density at radius 1 is 1.29 bits per heavy atom. The monoisotopic (exact) mass is 424 g/mol. The van der Waals surface area contributed by atoms with E-state index in [1.54, 1.807) is 32.2 Å². The van der Waals surface area contributed by atoms with Gasteiger partial charge < -0.3 is 24.7 Å². The second-order valence-corrected chi connectivity index (χ2v) is 6.98. The maximum atomic E-state index is 12.5. The average Bonchev–Trinajstić information content (AvgIpc) is 3.16. The molecule has 3 aromatic rings. The molecule has 31 heavy (non-hydrogen) atoms. The summed E-state index contributed by atoms with van der Waals surface area (Å²) in [7, 11) is 3.07. The van der Waals surface area contributed by atoms with Gasteiger partial charge in [0, 0.05) is 18.1 Å². The van der Waals surface area contributed by atoms with Crippen LogP contribution in [0.25, 0.3) is 0 Å². The Kier molecular flexibility index (Phi) is 4.97. The lowest BCUT2D eigenvalue weighted by molar-refractivity contribution is 0.100. The average molecular weight is 424 g/mol. The number of fused-ring (bicyclic) bond motifs is 1. The third-order valence-electron chi connectivity index (χ3n) is 5.10. The molecule has 1 aromatic carbocycles. The van der Waals surface area contributed by atoms with Crippen molar-refractivity contribution in [3.63, 3.8) is 0 Å². The normalized spacial score (nSPS) is 15.2. The molecule has 0 aliphatic carbocycles. The number of ether oxygens (including phenoxy) is 2. The second-order valence-electron chi connectivity index (χ2n) is 6.98. The Labute approximate surface area is 176 Å². The van der Waals surface area contributed by atoms with Crippen LogP contribution in [-0.4, -0.2) is 40.7 Å². The number of aromatic hydroxyl groups is 1. The highest BCUT2D eigenvalue weighted by Crippen LogP contribution is 2.40. The molecule has 4 rings (SSSR count). The summed E-state index contributed by atoms with van der Waals surface area (Å²) in [6.45, 7) is 1.55. The van der Waals surface area contributed by atoms with E-state index in [2.05, 4.69) is 10.1 Å². The van der Waals surface area contributed by atoms with Gasteiger partial charge in [-0.25, -0.2) is 14.5 Å². The Bertz CT molecular complexity index is 1270. The molecule has 2 aromatic heterocycles. The summed E-state index contributed by atoms with van der Waals surface area (Å²) < 4.78 is 17.6. The molecule has 0 fully saturated rings. The Hall–Kier alpha value is -4.08. The molecule has 0 saturated carbocycles. The first-order valence-corrected chi connectivity index (χ1v) is 9.35. The van der Waals surface area contributed by atoms with Gasteiger partial charge >= 0.3 is 5.63 Å². The number of hydrogen-bond acceptors (Lipinski definition) is 8. The lowest BCUT2D eigenvalue weighted by Gasteiger charge is -2.26. The molecule has 10 nitrogen and oxygen atoms in total. The van der Waals surface area contributed by atoms with E-state index in [1.165, 1.54) is 24.1 Å². The fraction of sp³-hybridized carbons (Fsp3) is 0.238. The summed E-state index contributed by atoms with van der Waals surface area (Å²) in [6.07, 6.45) is 1.49. The van der Waals surface area contributed by atoms with Gasteiger partial charge in [0.2, 0.25) is 0 Å². The first-order chi connectivity index (χ1) is 14.8. The molecule has 0 saturated heterocycles. The van der Waals surface area contributed by atoms with Crippen LogP contribution in [0.2, 0.25) is 0 Å². The first-order valence-electron chi connectivity index (χ1n) is 9.35. The van der Waals surface area contributed by atoms with Gasteiger partial charge in [-0.2, -0.15) is 5.10 Å². The van der Waals surface area contributed by atoms with Crippen molar-refractivity contribution in [1.29, 1.82) is 0 Å². The number of nitrogens with zero attached hydrogens (tertiary/aromatic N) is 3. The molecule has 0 unspecified atom stereocenters. The molecule has 1 aliphatic heterocycles. The molecule has 160 valence electrons. The van der Waals surface area contributed by atoms with Crippen LogP contribution >= 0.6 is 0 Å². The van der Waals surface area contributed by atoms with Crippen LogP contribution in [0.15, 0.2) is 44.7 Å². The van der Waals surface area contributed by atoms with Crippen LogP contribution in [0.3, 0.4) is 0 Å². The van der Waals surface area contributed by atoms with E-state index >= 15 is 0 Å². The molecular weight excluding hydrogens is 404 g/mol. The number of benzene rings is 1. The van der Waals surface area contributed by atoms with Crippen LogP contribution < -0.4 is 20.8 Å². The number of methoxy groups -OCH3 is 2. The minimum absolute atomic E-state index is 0.0830. The quantitative estimate of drug-likeness (QED) is 0.638. The number of aryl methyl sites for hydroxylation is 1. The number of amides is 1. The predicted molar refractivity (Wildman–Crippen MR) is 111 cm³/mol. The largest absolute Gasteiger partial charge is 0.507 e. The van der Waals surface area contributed by atoms with E-state index in [-0.39, 0.29) is 40.6 Å². The van der Waals surface area contributed by atoms with Crippen molar-refractivity contribution in [3.05, 3.63) is 63.3 Å². The van der Waals surface area contributed by atoms with Crippen LogP contribution in [-0.2, 0) is 0 Å². The number of aromatic nitrogens is 2. The SMILES string of the molecule is COc1ccc(OC)c([C@@H]2CC(c3c(O)cc(C)oc3=O)=Nc3c(C(N)=O)cnn32)c1. The Morgan fingerprint density at radius 2 is 2.06 bits per heavy atom. The number of rotatable bonds is 5. The Morgan fingerprint density at radius 3 is 2.71 bits per heavy atom. The fourth-order valence-electron chi connectivity index (χ4n) is 3.67. The van der Waals surface area contributed by atoms with E-state index < -0.39 is 17.6 Å². The minimum atomic E-state index is -0.735. The molecule has 0 bridgehead atoms. The van der Waals surface area contributed by atoms with Gasteiger partial charge in [-0.15, -0.1) is 0 Å². The molecule has 10 heteroatoms. The standard InChI is InChI=1S/C21H20N4O6/c1-10-6-16(26)18(21(28)31-10)14-8-15(12-7-11(29-2)4-5-17(12)30-3)25-20(24-14)13(9-23-25)19(22)27/h4-7,9,15,26H,8H2,1-3H3,(H2,22,27)/t15-/m0/s1. The minimum Gasteiger partial charge on any atom is -0.507 e. The molecule has 3 N–H and O–H groups in total. The number of hydrogen-bond donors (Lipinski definition) is 2. The zero-order chi connectivity index (χ0) is 22.3. The maximum absolute atomic E-state index is 12.5. The summed E-state index contributed by atoms with van der Waals surface area (Å²) in [5.74, 6) is 0.579. The van der Waals surface area contributed by atoms with Crippen LogP contribution in [0.5, 0.6) is 17.2 Å². The number of aliphatic imine (C=N–C) groups is 1. The van der Waals surface area contributed by atoms with Crippen molar-refractivity contribution in [2.75, 3.05) is 14.2 Å². The van der Waals surface area contributed by atoms with Crippen molar-refractivity contribution in [3.8, 4) is 17.2 Å². The molecule has 1 atom stereocenters. The van der Waals surface area contributed by atoms with Gasteiger partial charge in [0.1, 0.15) is 34.1 Å². The van der Waals surface area contributed by atoms with E-state index in [1.807, 2.05) is 0 Å². The van der Waals surface area contributed by atoms with Crippen LogP contribution in [0, 0.1) is 6.92 Å². The predicted octanol–water partition coefficient (Wildman–Crippen LogP) is 2.08. The zero-order valence-corrected chi connectivity index (χ0v) is 17.1. The van der Waals surface area contributed by atoms with Crippen LogP contribution in [0.1, 0.15) is 39.7 Å². The van der Waals surface area contributed by atoms with E-state index in [0.29, 0.717) is 17.1 Å². The second kappa shape index (κ2) is 7.63. The van der Waals surface area contributed by atoms with Crippen molar-refractivity contribution in [2.24, 2.45) is 10.7 Å². The summed E-state index contributed by atoms with van der Waals surface area (Å²) in [5, 5.41) is 14.7. The van der Waals surface area contributed by atoms with Crippen molar-refractivity contribution in [2.45, 2.75) is 19.4 Å². The Balaban J connectivity index is 1.96. The fourth-order valence-corrected chi connectivity index (χ4v) is 3.67. The lowest BCUT2D eigenvalue weighted by atomic mass is 9.95.